The molecule has 1 unspecified atom stereocenters. The molecule has 5 nitrogen and oxygen atoms in total. The number of amides is 1. The molecular weight excluding hydrogens is 326 g/mol. The number of H-pyrrole nitrogens is 1. The maximum absolute atomic E-state index is 12.7. The first-order valence-corrected chi connectivity index (χ1v) is 9.48. The molecule has 26 heavy (non-hydrogen) atoms. The minimum absolute atomic E-state index is 0.111. The Labute approximate surface area is 154 Å². The number of aromatic amines is 1. The van der Waals surface area contributed by atoms with Crippen LogP contribution in [0.15, 0.2) is 41.2 Å². The Hall–Kier alpha value is -2.43. The fourth-order valence-corrected chi connectivity index (χ4v) is 3.53. The van der Waals surface area contributed by atoms with Gasteiger partial charge in [-0.3, -0.25) is 9.59 Å². The molecule has 2 aromatic rings. The van der Waals surface area contributed by atoms with E-state index >= 15 is 0 Å². The van der Waals surface area contributed by atoms with Crippen LogP contribution in [0, 0.1) is 5.92 Å². The van der Waals surface area contributed by atoms with Gasteiger partial charge < -0.3 is 10.3 Å². The Balaban J connectivity index is 1.84. The van der Waals surface area contributed by atoms with Crippen LogP contribution < -0.4 is 10.9 Å². The van der Waals surface area contributed by atoms with Crippen molar-refractivity contribution in [2.45, 2.75) is 57.9 Å². The van der Waals surface area contributed by atoms with E-state index in [0.29, 0.717) is 17.9 Å². The summed E-state index contributed by atoms with van der Waals surface area (Å²) in [6, 6.07) is 11.3. The van der Waals surface area contributed by atoms with E-state index in [9.17, 15) is 9.59 Å². The first-order chi connectivity index (χ1) is 12.5. The van der Waals surface area contributed by atoms with Crippen LogP contribution in [-0.4, -0.2) is 15.9 Å². The normalized spacial score (nSPS) is 16.0. The van der Waals surface area contributed by atoms with Gasteiger partial charge in [0.1, 0.15) is 5.82 Å². The standard InChI is InChI=1S/C21H27N3O2/c1-14(2)20-22-17(13-19(25)24-20)12-18(15-8-4-3-5-9-15)23-21(26)16-10-6-7-11-16/h3-5,8-9,13-14,16,18H,6-7,10-12H2,1-2H3,(H,23,26)(H,22,24,25). The second-order valence-electron chi connectivity index (χ2n) is 7.43. The number of nitrogens with one attached hydrogen (secondary N) is 2. The predicted octanol–water partition coefficient (Wildman–Crippen LogP) is 3.48. The fraction of sp³-hybridized carbons (Fsp3) is 0.476. The van der Waals surface area contributed by atoms with E-state index in [1.54, 1.807) is 0 Å². The maximum atomic E-state index is 12.7. The molecule has 0 aliphatic heterocycles. The molecule has 2 N–H and O–H groups in total. The second-order valence-corrected chi connectivity index (χ2v) is 7.43. The Morgan fingerprint density at radius 2 is 1.92 bits per heavy atom. The number of nitrogens with zero attached hydrogens (tertiary/aromatic N) is 1. The molecule has 0 bridgehead atoms. The zero-order valence-corrected chi connectivity index (χ0v) is 15.5. The van der Waals surface area contributed by atoms with Gasteiger partial charge in [0.25, 0.3) is 5.56 Å². The number of aromatic nitrogens is 2. The molecule has 1 amide bonds. The van der Waals surface area contributed by atoms with Crippen LogP contribution >= 0.6 is 0 Å². The van der Waals surface area contributed by atoms with Gasteiger partial charge in [-0.05, 0) is 18.4 Å². The zero-order chi connectivity index (χ0) is 18.5. The highest BCUT2D eigenvalue weighted by molar-refractivity contribution is 5.79. The minimum Gasteiger partial charge on any atom is -0.349 e. The predicted molar refractivity (Wildman–Crippen MR) is 102 cm³/mol. The summed E-state index contributed by atoms with van der Waals surface area (Å²) in [6.45, 7) is 4.00. The van der Waals surface area contributed by atoms with Crippen molar-refractivity contribution in [3.05, 3.63) is 63.8 Å². The summed E-state index contributed by atoms with van der Waals surface area (Å²) >= 11 is 0. The van der Waals surface area contributed by atoms with Gasteiger partial charge in [0.05, 0.1) is 11.7 Å². The van der Waals surface area contributed by atoms with Gasteiger partial charge >= 0.3 is 0 Å². The van der Waals surface area contributed by atoms with Crippen molar-refractivity contribution in [1.82, 2.24) is 15.3 Å². The SMILES string of the molecule is CC(C)c1nc(CC(NC(=O)C2CCCC2)c2ccccc2)cc(=O)[nH]1. The van der Waals surface area contributed by atoms with Gasteiger partial charge in [0, 0.05) is 24.3 Å². The number of hydrogen-bond donors (Lipinski definition) is 2. The Bertz CT molecular complexity index is 792. The summed E-state index contributed by atoms with van der Waals surface area (Å²) in [5.41, 5.74) is 1.60. The lowest BCUT2D eigenvalue weighted by molar-refractivity contribution is -0.125. The summed E-state index contributed by atoms with van der Waals surface area (Å²) < 4.78 is 0. The zero-order valence-electron chi connectivity index (χ0n) is 15.5. The maximum Gasteiger partial charge on any atom is 0.251 e. The number of carbonyl (C=O) groups excluding carboxylic acids is 1. The molecule has 1 aromatic carbocycles. The lowest BCUT2D eigenvalue weighted by Gasteiger charge is -2.21. The van der Waals surface area contributed by atoms with Crippen molar-refractivity contribution in [2.75, 3.05) is 0 Å². The van der Waals surface area contributed by atoms with Gasteiger partial charge in [0.15, 0.2) is 0 Å². The number of hydrogen-bond acceptors (Lipinski definition) is 3. The van der Waals surface area contributed by atoms with E-state index in [1.165, 1.54) is 6.07 Å². The molecule has 3 rings (SSSR count). The molecule has 1 heterocycles. The molecule has 1 aliphatic carbocycles. The molecule has 1 fully saturated rings. The Morgan fingerprint density at radius 1 is 1.23 bits per heavy atom. The van der Waals surface area contributed by atoms with E-state index in [0.717, 1.165) is 31.2 Å². The highest BCUT2D eigenvalue weighted by Crippen LogP contribution is 2.26. The summed E-state index contributed by atoms with van der Waals surface area (Å²) in [5, 5.41) is 3.20. The van der Waals surface area contributed by atoms with Crippen LogP contribution in [0.3, 0.4) is 0 Å². The largest absolute Gasteiger partial charge is 0.349 e. The van der Waals surface area contributed by atoms with E-state index in [1.807, 2.05) is 44.2 Å². The molecule has 138 valence electrons. The average molecular weight is 353 g/mol. The van der Waals surface area contributed by atoms with Crippen molar-refractivity contribution >= 4 is 5.91 Å². The van der Waals surface area contributed by atoms with Crippen LogP contribution in [0.4, 0.5) is 0 Å². The summed E-state index contributed by atoms with van der Waals surface area (Å²) in [5.74, 6) is 1.05. The van der Waals surface area contributed by atoms with Gasteiger partial charge in [0.2, 0.25) is 5.91 Å². The third kappa shape index (κ3) is 4.59. The minimum atomic E-state index is -0.182. The van der Waals surface area contributed by atoms with Crippen LogP contribution in [-0.2, 0) is 11.2 Å². The quantitative estimate of drug-likeness (QED) is 0.835. The molecule has 0 radical (unpaired) electrons. The molecule has 1 saturated carbocycles. The van der Waals surface area contributed by atoms with Crippen molar-refractivity contribution in [3.8, 4) is 0 Å². The molecular formula is C21H27N3O2. The van der Waals surface area contributed by atoms with E-state index in [2.05, 4.69) is 15.3 Å². The van der Waals surface area contributed by atoms with Crippen LogP contribution in [0.1, 0.15) is 68.6 Å². The molecule has 1 aromatic heterocycles. The number of rotatable bonds is 6. The molecule has 0 saturated heterocycles. The summed E-state index contributed by atoms with van der Waals surface area (Å²) in [6.07, 6.45) is 4.69. The number of benzene rings is 1. The molecule has 1 aliphatic rings. The van der Waals surface area contributed by atoms with E-state index in [4.69, 9.17) is 0 Å². The van der Waals surface area contributed by atoms with Gasteiger partial charge in [-0.1, -0.05) is 57.0 Å². The highest BCUT2D eigenvalue weighted by Gasteiger charge is 2.25. The summed E-state index contributed by atoms with van der Waals surface area (Å²) in [4.78, 5) is 32.0. The second kappa shape index (κ2) is 8.30. The van der Waals surface area contributed by atoms with Crippen molar-refractivity contribution < 1.29 is 4.79 Å². The molecule has 5 heteroatoms. The lowest BCUT2D eigenvalue weighted by atomic mass is 9.99. The highest BCUT2D eigenvalue weighted by atomic mass is 16.2. The van der Waals surface area contributed by atoms with Gasteiger partial charge in [-0.25, -0.2) is 4.98 Å². The monoisotopic (exact) mass is 353 g/mol. The smallest absolute Gasteiger partial charge is 0.251 e. The first kappa shape index (κ1) is 18.4. The van der Waals surface area contributed by atoms with Crippen LogP contribution in [0.2, 0.25) is 0 Å². The van der Waals surface area contributed by atoms with Crippen LogP contribution in [0.25, 0.3) is 0 Å². The van der Waals surface area contributed by atoms with Crippen molar-refractivity contribution in [2.24, 2.45) is 5.92 Å². The van der Waals surface area contributed by atoms with Crippen LogP contribution in [0.5, 0.6) is 0 Å². The van der Waals surface area contributed by atoms with E-state index < -0.39 is 0 Å². The van der Waals surface area contributed by atoms with Gasteiger partial charge in [-0.15, -0.1) is 0 Å². The fourth-order valence-electron chi connectivity index (χ4n) is 3.53. The third-order valence-corrected chi connectivity index (χ3v) is 5.02. The van der Waals surface area contributed by atoms with Crippen molar-refractivity contribution in [1.29, 1.82) is 0 Å². The van der Waals surface area contributed by atoms with E-state index in [-0.39, 0.29) is 29.3 Å². The third-order valence-electron chi connectivity index (χ3n) is 5.02. The average Bonchev–Trinajstić information content (AvgIpc) is 3.16. The number of carbonyl (C=O) groups is 1. The first-order valence-electron chi connectivity index (χ1n) is 9.48. The Morgan fingerprint density at radius 3 is 2.58 bits per heavy atom. The topological polar surface area (TPSA) is 74.8 Å². The summed E-state index contributed by atoms with van der Waals surface area (Å²) in [7, 11) is 0. The van der Waals surface area contributed by atoms with Gasteiger partial charge in [-0.2, -0.15) is 0 Å². The Kier molecular flexibility index (Phi) is 5.86. The molecule has 1 atom stereocenters. The van der Waals surface area contributed by atoms with Crippen molar-refractivity contribution in [3.63, 3.8) is 0 Å². The lowest BCUT2D eigenvalue weighted by Crippen LogP contribution is -2.34. The molecule has 0 spiro atoms.